The largest absolute Gasteiger partial charge is 0.508 e. The molecule has 0 radical (unpaired) electrons. The van der Waals surface area contributed by atoms with Crippen LogP contribution in [0.25, 0.3) is 0 Å². The third-order valence-corrected chi connectivity index (χ3v) is 7.22. The first kappa shape index (κ1) is 15.9. The zero-order valence-electron chi connectivity index (χ0n) is 14.4. The topological polar surface area (TPSA) is 66.8 Å². The number of carbonyl (C=O) groups is 1. The molecule has 1 aromatic carbocycles. The number of aromatic hydroxyl groups is 1. The van der Waals surface area contributed by atoms with Crippen molar-refractivity contribution in [3.8, 4) is 5.75 Å². The van der Waals surface area contributed by atoms with E-state index in [1.54, 1.807) is 6.07 Å². The van der Waals surface area contributed by atoms with Gasteiger partial charge in [0, 0.05) is 0 Å². The molecular weight excluding hydrogens is 304 g/mol. The highest BCUT2D eigenvalue weighted by atomic mass is 16.5. The van der Waals surface area contributed by atoms with Crippen molar-refractivity contribution in [3.05, 3.63) is 29.3 Å². The molecule has 2 fully saturated rings. The van der Waals surface area contributed by atoms with Gasteiger partial charge in [-0.1, -0.05) is 13.0 Å². The molecule has 0 aliphatic heterocycles. The van der Waals surface area contributed by atoms with Gasteiger partial charge in [0.05, 0.1) is 19.1 Å². The number of aryl methyl sites for hydroxylation is 1. The number of rotatable bonds is 1. The van der Waals surface area contributed by atoms with Crippen molar-refractivity contribution in [1.82, 2.24) is 0 Å². The summed E-state index contributed by atoms with van der Waals surface area (Å²) in [5.74, 6) is 1.04. The van der Waals surface area contributed by atoms with E-state index in [9.17, 15) is 15.0 Å². The summed E-state index contributed by atoms with van der Waals surface area (Å²) in [6.07, 6.45) is 4.16. The summed E-state index contributed by atoms with van der Waals surface area (Å²) >= 11 is 0. The number of ether oxygens (including phenoxy) is 1. The van der Waals surface area contributed by atoms with Crippen LogP contribution in [0, 0.1) is 23.2 Å². The zero-order chi connectivity index (χ0) is 17.1. The molecule has 0 unspecified atom stereocenters. The first-order chi connectivity index (χ1) is 11.5. The molecule has 6 atom stereocenters. The Bertz CT molecular complexity index is 670. The number of aliphatic hydroxyl groups excluding tert-OH is 1. The van der Waals surface area contributed by atoms with Gasteiger partial charge in [-0.05, 0) is 78.5 Å². The molecule has 4 nitrogen and oxygen atoms in total. The van der Waals surface area contributed by atoms with E-state index in [0.717, 1.165) is 32.1 Å². The number of benzene rings is 1. The second-order valence-corrected chi connectivity index (χ2v) is 8.15. The fourth-order valence-corrected chi connectivity index (χ4v) is 5.97. The molecule has 4 rings (SSSR count). The monoisotopic (exact) mass is 330 g/mol. The summed E-state index contributed by atoms with van der Waals surface area (Å²) < 4.78 is 4.93. The molecule has 0 heterocycles. The SMILES string of the molecule is COC(=O)[C@H]1C[C@H]2[C@@H]3CCc4cc(O)ccc4[C@H]3CC[C@]2(C)[C@H]1O. The first-order valence-electron chi connectivity index (χ1n) is 9.03. The second kappa shape index (κ2) is 5.48. The van der Waals surface area contributed by atoms with Crippen molar-refractivity contribution in [3.63, 3.8) is 0 Å². The fourth-order valence-electron chi connectivity index (χ4n) is 5.97. The number of esters is 1. The van der Waals surface area contributed by atoms with Crippen molar-refractivity contribution in [2.45, 2.75) is 51.0 Å². The van der Waals surface area contributed by atoms with Gasteiger partial charge in [-0.2, -0.15) is 0 Å². The molecule has 0 saturated heterocycles. The Morgan fingerprint density at radius 3 is 2.88 bits per heavy atom. The van der Waals surface area contributed by atoms with E-state index < -0.39 is 6.10 Å². The number of fused-ring (bicyclic) bond motifs is 5. The zero-order valence-corrected chi connectivity index (χ0v) is 14.4. The van der Waals surface area contributed by atoms with E-state index in [-0.39, 0.29) is 17.3 Å². The summed E-state index contributed by atoms with van der Waals surface area (Å²) in [7, 11) is 1.41. The van der Waals surface area contributed by atoms with E-state index in [1.165, 1.54) is 18.2 Å². The molecule has 0 bridgehead atoms. The summed E-state index contributed by atoms with van der Waals surface area (Å²) in [5.41, 5.74) is 2.44. The van der Waals surface area contributed by atoms with E-state index in [0.29, 0.717) is 23.5 Å². The van der Waals surface area contributed by atoms with Gasteiger partial charge in [-0.3, -0.25) is 4.79 Å². The average molecular weight is 330 g/mol. The van der Waals surface area contributed by atoms with Crippen LogP contribution in [0.5, 0.6) is 5.75 Å². The lowest BCUT2D eigenvalue weighted by molar-refractivity contribution is -0.150. The van der Waals surface area contributed by atoms with E-state index in [1.807, 2.05) is 6.07 Å². The summed E-state index contributed by atoms with van der Waals surface area (Å²) in [6, 6.07) is 5.77. The summed E-state index contributed by atoms with van der Waals surface area (Å²) in [4.78, 5) is 12.1. The lowest BCUT2D eigenvalue weighted by Crippen LogP contribution is -2.44. The molecule has 0 spiro atoms. The third kappa shape index (κ3) is 2.12. The molecule has 3 aliphatic rings. The molecule has 0 amide bonds. The summed E-state index contributed by atoms with van der Waals surface area (Å²) in [6.45, 7) is 2.16. The average Bonchev–Trinajstić information content (AvgIpc) is 2.85. The molecule has 24 heavy (non-hydrogen) atoms. The molecule has 130 valence electrons. The Labute approximate surface area is 142 Å². The minimum absolute atomic E-state index is 0.186. The van der Waals surface area contributed by atoms with Crippen LogP contribution in [-0.2, 0) is 16.0 Å². The van der Waals surface area contributed by atoms with Gasteiger partial charge < -0.3 is 14.9 Å². The molecule has 3 aliphatic carbocycles. The van der Waals surface area contributed by atoms with Gasteiger partial charge in [0.15, 0.2) is 0 Å². The minimum Gasteiger partial charge on any atom is -0.508 e. The first-order valence-corrected chi connectivity index (χ1v) is 9.03. The smallest absolute Gasteiger partial charge is 0.311 e. The number of methoxy groups -OCH3 is 1. The molecule has 2 saturated carbocycles. The van der Waals surface area contributed by atoms with Crippen molar-refractivity contribution < 1.29 is 19.7 Å². The van der Waals surface area contributed by atoms with E-state index in [2.05, 4.69) is 13.0 Å². The van der Waals surface area contributed by atoms with Gasteiger partial charge in [0.25, 0.3) is 0 Å². The third-order valence-electron chi connectivity index (χ3n) is 7.22. The van der Waals surface area contributed by atoms with Crippen LogP contribution < -0.4 is 0 Å². The highest BCUT2D eigenvalue weighted by molar-refractivity contribution is 5.73. The lowest BCUT2D eigenvalue weighted by atomic mass is 9.55. The van der Waals surface area contributed by atoms with Crippen LogP contribution in [0.3, 0.4) is 0 Å². The maximum absolute atomic E-state index is 12.1. The number of phenols is 1. The number of carbonyl (C=O) groups excluding carboxylic acids is 1. The normalized spacial score (nSPS) is 40.4. The molecule has 1 aromatic rings. The fraction of sp³-hybridized carbons (Fsp3) is 0.650. The Balaban J connectivity index is 1.67. The van der Waals surface area contributed by atoms with Crippen LogP contribution >= 0.6 is 0 Å². The highest BCUT2D eigenvalue weighted by Gasteiger charge is 2.59. The van der Waals surface area contributed by atoms with Crippen LogP contribution in [0.4, 0.5) is 0 Å². The number of aliphatic hydroxyl groups is 1. The van der Waals surface area contributed by atoms with Crippen molar-refractivity contribution in [1.29, 1.82) is 0 Å². The molecule has 2 N–H and O–H groups in total. The maximum Gasteiger partial charge on any atom is 0.311 e. The minimum atomic E-state index is -0.600. The van der Waals surface area contributed by atoms with Crippen molar-refractivity contribution in [2.75, 3.05) is 7.11 Å². The molecule has 4 heteroatoms. The standard InChI is InChI=1S/C20H26O4/c1-20-8-7-14-13-6-4-12(21)9-11(13)3-5-15(14)17(20)10-16(18(20)22)19(23)24-2/h4,6,9,14-18,21-22H,3,5,7-8,10H2,1-2H3/t14-,15-,16+,17+,18+,20+/m1/s1. The molecular formula is C20H26O4. The summed E-state index contributed by atoms with van der Waals surface area (Å²) in [5, 5.41) is 20.6. The Hall–Kier alpha value is -1.55. The maximum atomic E-state index is 12.1. The van der Waals surface area contributed by atoms with Crippen LogP contribution in [0.1, 0.15) is 49.7 Å². The number of hydrogen-bond donors (Lipinski definition) is 2. The van der Waals surface area contributed by atoms with E-state index in [4.69, 9.17) is 4.74 Å². The van der Waals surface area contributed by atoms with Crippen LogP contribution in [0.2, 0.25) is 0 Å². The van der Waals surface area contributed by atoms with E-state index >= 15 is 0 Å². The quantitative estimate of drug-likeness (QED) is 0.777. The van der Waals surface area contributed by atoms with Gasteiger partial charge in [0.2, 0.25) is 0 Å². The number of hydrogen-bond acceptors (Lipinski definition) is 4. The van der Waals surface area contributed by atoms with Gasteiger partial charge in [-0.15, -0.1) is 0 Å². The Kier molecular flexibility index (Phi) is 3.64. The highest BCUT2D eigenvalue weighted by Crippen LogP contribution is 2.62. The predicted octanol–water partition coefficient (Wildman–Crippen LogP) is 3.01. The number of phenolic OH excluding ortho intramolecular Hbond substituents is 1. The Morgan fingerprint density at radius 1 is 1.33 bits per heavy atom. The predicted molar refractivity (Wildman–Crippen MR) is 89.6 cm³/mol. The molecule has 0 aromatic heterocycles. The van der Waals surface area contributed by atoms with Gasteiger partial charge in [0.1, 0.15) is 5.75 Å². The van der Waals surface area contributed by atoms with Gasteiger partial charge >= 0.3 is 5.97 Å². The lowest BCUT2D eigenvalue weighted by Gasteiger charge is -2.50. The van der Waals surface area contributed by atoms with Gasteiger partial charge in [-0.25, -0.2) is 0 Å². The van der Waals surface area contributed by atoms with Crippen molar-refractivity contribution >= 4 is 5.97 Å². The van der Waals surface area contributed by atoms with Crippen molar-refractivity contribution in [2.24, 2.45) is 23.2 Å². The second-order valence-electron chi connectivity index (χ2n) is 8.15. The van der Waals surface area contributed by atoms with Crippen LogP contribution in [-0.4, -0.2) is 29.4 Å². The Morgan fingerprint density at radius 2 is 2.12 bits per heavy atom. The van der Waals surface area contributed by atoms with Crippen LogP contribution in [0.15, 0.2) is 18.2 Å².